The molecule has 5 nitrogen and oxygen atoms in total. The second-order valence-corrected chi connectivity index (χ2v) is 6.98. The summed E-state index contributed by atoms with van der Waals surface area (Å²) in [5, 5.41) is 4.56. The number of hydrogen-bond donors (Lipinski definition) is 0. The van der Waals surface area contributed by atoms with E-state index in [2.05, 4.69) is 37.1 Å². The van der Waals surface area contributed by atoms with E-state index in [-0.39, 0.29) is 5.56 Å². The molecule has 4 rings (SSSR count). The SMILES string of the molecule is CCOc1ccc(-c2cc3c(=O)n(Cc4cc(C)ccc4C)ccn3n2)cc1. The van der Waals surface area contributed by atoms with Crippen LogP contribution in [0.25, 0.3) is 16.8 Å². The van der Waals surface area contributed by atoms with Gasteiger partial charge in [-0.05, 0) is 62.2 Å². The van der Waals surface area contributed by atoms with Gasteiger partial charge in [0.2, 0.25) is 0 Å². The molecule has 0 atom stereocenters. The van der Waals surface area contributed by atoms with Crippen LogP contribution in [0, 0.1) is 13.8 Å². The van der Waals surface area contributed by atoms with Crippen LogP contribution in [-0.4, -0.2) is 20.8 Å². The summed E-state index contributed by atoms with van der Waals surface area (Å²) in [6.07, 6.45) is 3.63. The number of fused-ring (bicyclic) bond motifs is 1. The first-order valence-electron chi connectivity index (χ1n) is 9.43. The van der Waals surface area contributed by atoms with Gasteiger partial charge in [0.05, 0.1) is 18.8 Å². The largest absolute Gasteiger partial charge is 0.494 e. The Balaban J connectivity index is 1.70. The van der Waals surface area contributed by atoms with Crippen molar-refractivity contribution >= 4 is 5.52 Å². The maximum absolute atomic E-state index is 13.0. The van der Waals surface area contributed by atoms with Crippen molar-refractivity contribution in [2.75, 3.05) is 6.61 Å². The van der Waals surface area contributed by atoms with Crippen molar-refractivity contribution in [2.24, 2.45) is 0 Å². The highest BCUT2D eigenvalue weighted by molar-refractivity contribution is 5.66. The van der Waals surface area contributed by atoms with Crippen LogP contribution in [0.5, 0.6) is 5.75 Å². The predicted molar refractivity (Wildman–Crippen MR) is 111 cm³/mol. The molecule has 0 N–H and O–H groups in total. The lowest BCUT2D eigenvalue weighted by Crippen LogP contribution is -2.22. The minimum Gasteiger partial charge on any atom is -0.494 e. The highest BCUT2D eigenvalue weighted by Crippen LogP contribution is 2.22. The lowest BCUT2D eigenvalue weighted by Gasteiger charge is -2.10. The van der Waals surface area contributed by atoms with Crippen LogP contribution in [-0.2, 0) is 6.54 Å². The van der Waals surface area contributed by atoms with Gasteiger partial charge in [-0.1, -0.05) is 23.8 Å². The lowest BCUT2D eigenvalue weighted by molar-refractivity contribution is 0.340. The number of nitrogens with zero attached hydrogens (tertiary/aromatic N) is 3. The van der Waals surface area contributed by atoms with Crippen LogP contribution in [0.3, 0.4) is 0 Å². The zero-order valence-corrected chi connectivity index (χ0v) is 16.3. The van der Waals surface area contributed by atoms with Crippen molar-refractivity contribution in [1.29, 1.82) is 0 Å². The maximum Gasteiger partial charge on any atom is 0.276 e. The third-order valence-electron chi connectivity index (χ3n) is 4.91. The summed E-state index contributed by atoms with van der Waals surface area (Å²) in [6.45, 7) is 7.27. The third kappa shape index (κ3) is 3.43. The second kappa shape index (κ2) is 7.35. The van der Waals surface area contributed by atoms with E-state index in [4.69, 9.17) is 4.74 Å². The molecule has 142 valence electrons. The average Bonchev–Trinajstić information content (AvgIpc) is 3.13. The maximum atomic E-state index is 13.0. The number of aromatic nitrogens is 3. The molecule has 2 aromatic carbocycles. The molecule has 0 aliphatic heterocycles. The van der Waals surface area contributed by atoms with Gasteiger partial charge >= 0.3 is 0 Å². The van der Waals surface area contributed by atoms with Crippen LogP contribution < -0.4 is 10.3 Å². The van der Waals surface area contributed by atoms with Crippen molar-refractivity contribution < 1.29 is 4.74 Å². The van der Waals surface area contributed by atoms with Gasteiger partial charge in [-0.15, -0.1) is 0 Å². The fraction of sp³-hybridized carbons (Fsp3) is 0.217. The summed E-state index contributed by atoms with van der Waals surface area (Å²) >= 11 is 0. The normalized spacial score (nSPS) is 11.1. The standard InChI is InChI=1S/C23H23N3O2/c1-4-28-20-9-7-18(8-10-20)21-14-22-23(27)25(11-12-26(22)24-21)15-19-13-16(2)5-6-17(19)3/h5-14H,4,15H2,1-3H3. The van der Waals surface area contributed by atoms with E-state index in [1.165, 1.54) is 11.1 Å². The number of ether oxygens (including phenoxy) is 1. The van der Waals surface area contributed by atoms with Crippen LogP contribution in [0.4, 0.5) is 0 Å². The Labute approximate surface area is 163 Å². The quantitative estimate of drug-likeness (QED) is 0.526. The molecule has 5 heteroatoms. The average molecular weight is 373 g/mol. The zero-order valence-electron chi connectivity index (χ0n) is 16.3. The molecule has 0 fully saturated rings. The van der Waals surface area contributed by atoms with Crippen LogP contribution in [0.2, 0.25) is 0 Å². The number of aryl methyl sites for hydroxylation is 2. The van der Waals surface area contributed by atoms with Gasteiger partial charge in [0.1, 0.15) is 11.3 Å². The van der Waals surface area contributed by atoms with Gasteiger partial charge in [0.15, 0.2) is 0 Å². The molecule has 0 aliphatic carbocycles. The topological polar surface area (TPSA) is 48.5 Å². The summed E-state index contributed by atoms with van der Waals surface area (Å²) in [5.74, 6) is 0.825. The Bertz CT molecular complexity index is 1190. The molecule has 4 aromatic rings. The molecule has 0 bridgehead atoms. The summed E-state index contributed by atoms with van der Waals surface area (Å²) in [4.78, 5) is 13.0. The molecule has 0 amide bonds. The minimum absolute atomic E-state index is 0.0481. The molecule has 2 aromatic heterocycles. The Morgan fingerprint density at radius 3 is 2.54 bits per heavy atom. The molecule has 0 aliphatic rings. The molecule has 28 heavy (non-hydrogen) atoms. The molecule has 0 unspecified atom stereocenters. The number of rotatable bonds is 5. The molecular weight excluding hydrogens is 350 g/mol. The molecule has 0 saturated heterocycles. The van der Waals surface area contributed by atoms with Gasteiger partial charge in [-0.2, -0.15) is 5.10 Å². The highest BCUT2D eigenvalue weighted by Gasteiger charge is 2.10. The van der Waals surface area contributed by atoms with Crippen LogP contribution >= 0.6 is 0 Å². The fourth-order valence-corrected chi connectivity index (χ4v) is 3.33. The number of hydrogen-bond acceptors (Lipinski definition) is 3. The van der Waals surface area contributed by atoms with Gasteiger partial charge in [-0.3, -0.25) is 4.79 Å². The highest BCUT2D eigenvalue weighted by atomic mass is 16.5. The smallest absolute Gasteiger partial charge is 0.276 e. The summed E-state index contributed by atoms with van der Waals surface area (Å²) in [6, 6.07) is 15.9. The minimum atomic E-state index is -0.0481. The van der Waals surface area contributed by atoms with Crippen molar-refractivity contribution in [2.45, 2.75) is 27.3 Å². The summed E-state index contributed by atoms with van der Waals surface area (Å²) < 4.78 is 8.87. The second-order valence-electron chi connectivity index (χ2n) is 6.98. The molecule has 0 radical (unpaired) electrons. The van der Waals surface area contributed by atoms with E-state index in [1.807, 2.05) is 43.5 Å². The Kier molecular flexibility index (Phi) is 4.74. The van der Waals surface area contributed by atoms with Crippen molar-refractivity contribution in [1.82, 2.24) is 14.2 Å². The van der Waals surface area contributed by atoms with Crippen LogP contribution in [0.15, 0.2) is 65.7 Å². The van der Waals surface area contributed by atoms with Gasteiger partial charge in [-0.25, -0.2) is 4.52 Å². The van der Waals surface area contributed by atoms with Gasteiger partial charge in [0, 0.05) is 18.0 Å². The van der Waals surface area contributed by atoms with Crippen molar-refractivity contribution in [3.05, 3.63) is 88.0 Å². The number of benzene rings is 2. The summed E-state index contributed by atoms with van der Waals surface area (Å²) in [7, 11) is 0. The van der Waals surface area contributed by atoms with E-state index in [1.54, 1.807) is 15.3 Å². The first kappa shape index (κ1) is 18.0. The fourth-order valence-electron chi connectivity index (χ4n) is 3.33. The Hall–Kier alpha value is -3.34. The van der Waals surface area contributed by atoms with Gasteiger partial charge < -0.3 is 9.30 Å². The first-order valence-corrected chi connectivity index (χ1v) is 9.43. The first-order chi connectivity index (χ1) is 13.5. The van der Waals surface area contributed by atoms with E-state index in [0.29, 0.717) is 18.7 Å². The van der Waals surface area contributed by atoms with E-state index >= 15 is 0 Å². The zero-order chi connectivity index (χ0) is 19.7. The van der Waals surface area contributed by atoms with E-state index < -0.39 is 0 Å². The van der Waals surface area contributed by atoms with E-state index in [0.717, 1.165) is 22.6 Å². The van der Waals surface area contributed by atoms with Crippen molar-refractivity contribution in [3.8, 4) is 17.0 Å². The third-order valence-corrected chi connectivity index (χ3v) is 4.91. The van der Waals surface area contributed by atoms with E-state index in [9.17, 15) is 4.79 Å². The molecular formula is C23H23N3O2. The summed E-state index contributed by atoms with van der Waals surface area (Å²) in [5.41, 5.74) is 5.76. The van der Waals surface area contributed by atoms with Crippen molar-refractivity contribution in [3.63, 3.8) is 0 Å². The van der Waals surface area contributed by atoms with Gasteiger partial charge in [0.25, 0.3) is 5.56 Å². The Morgan fingerprint density at radius 1 is 1.00 bits per heavy atom. The Morgan fingerprint density at radius 2 is 1.79 bits per heavy atom. The van der Waals surface area contributed by atoms with Crippen LogP contribution in [0.1, 0.15) is 23.6 Å². The molecule has 0 spiro atoms. The predicted octanol–water partition coefficient (Wildman–Crippen LogP) is 4.23. The lowest BCUT2D eigenvalue weighted by atomic mass is 10.1. The monoisotopic (exact) mass is 373 g/mol. The molecule has 0 saturated carbocycles. The molecule has 2 heterocycles.